The van der Waals surface area contributed by atoms with Crippen LogP contribution >= 0.6 is 0 Å². The van der Waals surface area contributed by atoms with Crippen molar-refractivity contribution >= 4 is 11.7 Å². The topological polar surface area (TPSA) is 54.5 Å². The van der Waals surface area contributed by atoms with E-state index in [0.717, 1.165) is 25.3 Å². The molecule has 2 aliphatic rings. The maximum atomic E-state index is 13.0. The number of anilines is 1. The molecule has 27 heavy (non-hydrogen) atoms. The van der Waals surface area contributed by atoms with Gasteiger partial charge >= 0.3 is 0 Å². The molecule has 0 saturated carbocycles. The minimum absolute atomic E-state index is 0.0394. The second-order valence-corrected chi connectivity index (χ2v) is 7.40. The summed E-state index contributed by atoms with van der Waals surface area (Å²) < 4.78 is 5.42. The predicted molar refractivity (Wildman–Crippen MR) is 106 cm³/mol. The second kappa shape index (κ2) is 8.09. The highest BCUT2D eigenvalue weighted by molar-refractivity contribution is 5.99. The van der Waals surface area contributed by atoms with Crippen molar-refractivity contribution < 1.29 is 9.53 Å². The fraction of sp³-hybridized carbons (Fsp3) is 0.455. The minimum Gasteiger partial charge on any atom is -0.378 e. The van der Waals surface area contributed by atoms with E-state index in [4.69, 9.17) is 4.74 Å². The molecule has 1 unspecified atom stereocenters. The van der Waals surface area contributed by atoms with Crippen LogP contribution in [0.1, 0.15) is 52.9 Å². The van der Waals surface area contributed by atoms with Crippen LogP contribution in [-0.2, 0) is 17.6 Å². The first-order chi connectivity index (χ1) is 13.2. The first-order valence-corrected chi connectivity index (χ1v) is 9.92. The molecule has 4 rings (SSSR count). The van der Waals surface area contributed by atoms with Gasteiger partial charge in [0.25, 0.3) is 5.91 Å². The van der Waals surface area contributed by atoms with Gasteiger partial charge in [-0.15, -0.1) is 0 Å². The molecule has 2 heterocycles. The van der Waals surface area contributed by atoms with Crippen molar-refractivity contribution in [3.8, 4) is 0 Å². The van der Waals surface area contributed by atoms with Crippen LogP contribution in [0.2, 0.25) is 0 Å². The number of aromatic nitrogens is 1. The number of nitrogens with one attached hydrogen (secondary N) is 1. The van der Waals surface area contributed by atoms with Crippen LogP contribution in [-0.4, -0.2) is 37.2 Å². The minimum atomic E-state index is -0.0742. The molecule has 0 spiro atoms. The highest BCUT2D eigenvalue weighted by Gasteiger charge is 2.21. The molecule has 142 valence electrons. The first-order valence-electron chi connectivity index (χ1n) is 9.92. The van der Waals surface area contributed by atoms with Gasteiger partial charge in [-0.1, -0.05) is 18.2 Å². The molecule has 0 bridgehead atoms. The number of nitrogens with zero attached hydrogens (tertiary/aromatic N) is 2. The van der Waals surface area contributed by atoms with E-state index >= 15 is 0 Å². The number of rotatable bonds is 4. The lowest BCUT2D eigenvalue weighted by molar-refractivity contribution is 0.0938. The maximum Gasteiger partial charge on any atom is 0.255 e. The average molecular weight is 365 g/mol. The number of pyridine rings is 1. The summed E-state index contributed by atoms with van der Waals surface area (Å²) in [5.41, 5.74) is 4.70. The molecule has 1 N–H and O–H groups in total. The number of hydrogen-bond donors (Lipinski definition) is 1. The van der Waals surface area contributed by atoms with Crippen LogP contribution in [0.3, 0.4) is 0 Å². The van der Waals surface area contributed by atoms with Crippen LogP contribution in [0, 0.1) is 0 Å². The third-order valence-electron chi connectivity index (χ3n) is 5.56. The lowest BCUT2D eigenvalue weighted by atomic mass is 9.89. The normalized spacial score (nSPS) is 17.9. The summed E-state index contributed by atoms with van der Waals surface area (Å²) in [6, 6.07) is 10.3. The van der Waals surface area contributed by atoms with Crippen molar-refractivity contribution in [2.45, 2.75) is 38.6 Å². The van der Waals surface area contributed by atoms with E-state index in [9.17, 15) is 4.79 Å². The maximum absolute atomic E-state index is 13.0. The Labute approximate surface area is 160 Å². The molecule has 1 aliphatic carbocycles. The quantitative estimate of drug-likeness (QED) is 0.903. The Morgan fingerprint density at radius 3 is 2.74 bits per heavy atom. The molecular weight excluding hydrogens is 338 g/mol. The van der Waals surface area contributed by atoms with E-state index < -0.39 is 0 Å². The van der Waals surface area contributed by atoms with Gasteiger partial charge in [0.1, 0.15) is 5.82 Å². The van der Waals surface area contributed by atoms with Crippen LogP contribution in [0.25, 0.3) is 0 Å². The van der Waals surface area contributed by atoms with E-state index in [-0.39, 0.29) is 11.9 Å². The Hall–Kier alpha value is -2.40. The monoisotopic (exact) mass is 365 g/mol. The summed E-state index contributed by atoms with van der Waals surface area (Å²) in [6.07, 6.45) is 6.61. The lowest BCUT2D eigenvalue weighted by Crippen LogP contribution is -2.38. The number of ether oxygens (including phenoxy) is 1. The van der Waals surface area contributed by atoms with Gasteiger partial charge in [0.2, 0.25) is 0 Å². The van der Waals surface area contributed by atoms with Gasteiger partial charge < -0.3 is 15.0 Å². The Morgan fingerprint density at radius 2 is 1.93 bits per heavy atom. The zero-order chi connectivity index (χ0) is 18.6. The van der Waals surface area contributed by atoms with Crippen molar-refractivity contribution in [3.05, 3.63) is 58.8 Å². The fourth-order valence-corrected chi connectivity index (χ4v) is 3.98. The van der Waals surface area contributed by atoms with Crippen molar-refractivity contribution in [2.24, 2.45) is 0 Å². The van der Waals surface area contributed by atoms with Crippen LogP contribution < -0.4 is 10.2 Å². The van der Waals surface area contributed by atoms with Gasteiger partial charge in [-0.05, 0) is 61.4 Å². The summed E-state index contributed by atoms with van der Waals surface area (Å²) in [4.78, 5) is 19.6. The highest BCUT2D eigenvalue weighted by Crippen LogP contribution is 2.25. The van der Waals surface area contributed by atoms with E-state index in [1.54, 1.807) is 6.20 Å². The van der Waals surface area contributed by atoms with E-state index in [1.165, 1.54) is 36.0 Å². The van der Waals surface area contributed by atoms with Crippen molar-refractivity contribution in [1.82, 2.24) is 10.3 Å². The van der Waals surface area contributed by atoms with E-state index in [0.29, 0.717) is 18.8 Å². The van der Waals surface area contributed by atoms with Gasteiger partial charge in [-0.2, -0.15) is 0 Å². The highest BCUT2D eigenvalue weighted by atomic mass is 16.5. The molecule has 1 aromatic heterocycles. The third-order valence-corrected chi connectivity index (χ3v) is 5.56. The van der Waals surface area contributed by atoms with E-state index in [2.05, 4.69) is 33.4 Å². The largest absolute Gasteiger partial charge is 0.378 e. The van der Waals surface area contributed by atoms with Crippen molar-refractivity contribution in [3.63, 3.8) is 0 Å². The molecule has 0 radical (unpaired) electrons. The van der Waals surface area contributed by atoms with Gasteiger partial charge in [0, 0.05) is 19.3 Å². The Morgan fingerprint density at radius 1 is 1.15 bits per heavy atom. The number of hydrogen-bond acceptors (Lipinski definition) is 4. The number of amides is 1. The molecule has 1 fully saturated rings. The van der Waals surface area contributed by atoms with Crippen molar-refractivity contribution in [2.75, 3.05) is 31.2 Å². The summed E-state index contributed by atoms with van der Waals surface area (Å²) >= 11 is 0. The number of aryl methyl sites for hydroxylation is 2. The molecule has 1 aliphatic heterocycles. The Balaban J connectivity index is 1.50. The number of carbonyl (C=O) groups is 1. The number of carbonyl (C=O) groups excluding carboxylic acids is 1. The van der Waals surface area contributed by atoms with Crippen molar-refractivity contribution in [1.29, 1.82) is 0 Å². The Bertz CT molecular complexity index is 815. The SMILES string of the molecule is CC(NC(=O)c1cccnc1N1CCOCC1)c1ccc2c(c1)CCCC2. The predicted octanol–water partition coefficient (Wildman–Crippen LogP) is 3.29. The number of benzene rings is 1. The Kier molecular flexibility index (Phi) is 5.39. The van der Waals surface area contributed by atoms with Crippen LogP contribution in [0.5, 0.6) is 0 Å². The molecular formula is C22H27N3O2. The standard InChI is InChI=1S/C22H27N3O2/c1-16(18-9-8-17-5-2-3-6-19(17)15-18)24-22(26)20-7-4-10-23-21(20)25-11-13-27-14-12-25/h4,7-10,15-16H,2-3,5-6,11-14H2,1H3,(H,24,26). The van der Waals surface area contributed by atoms with E-state index in [1.807, 2.05) is 19.1 Å². The van der Waals surface area contributed by atoms with Gasteiger partial charge in [-0.25, -0.2) is 4.98 Å². The third kappa shape index (κ3) is 3.98. The van der Waals surface area contributed by atoms with Gasteiger partial charge in [-0.3, -0.25) is 4.79 Å². The summed E-state index contributed by atoms with van der Waals surface area (Å²) in [7, 11) is 0. The van der Waals surface area contributed by atoms with Crippen LogP contribution in [0.15, 0.2) is 36.5 Å². The van der Waals surface area contributed by atoms with Gasteiger partial charge in [0.15, 0.2) is 0 Å². The molecule has 2 aromatic rings. The average Bonchev–Trinajstić information content (AvgIpc) is 2.74. The molecule has 5 nitrogen and oxygen atoms in total. The fourth-order valence-electron chi connectivity index (χ4n) is 3.98. The molecule has 5 heteroatoms. The summed E-state index contributed by atoms with van der Waals surface area (Å²) in [6.45, 7) is 4.91. The summed E-state index contributed by atoms with van der Waals surface area (Å²) in [5, 5.41) is 3.16. The van der Waals surface area contributed by atoms with Gasteiger partial charge in [0.05, 0.1) is 24.8 Å². The zero-order valence-corrected chi connectivity index (χ0v) is 15.9. The molecule has 1 aromatic carbocycles. The number of fused-ring (bicyclic) bond motifs is 1. The summed E-state index contributed by atoms with van der Waals surface area (Å²) in [5.74, 6) is 0.672. The molecule has 1 saturated heterocycles. The number of morpholine rings is 1. The first kappa shape index (κ1) is 18.0. The second-order valence-electron chi connectivity index (χ2n) is 7.40. The smallest absolute Gasteiger partial charge is 0.255 e. The molecule has 1 atom stereocenters. The lowest BCUT2D eigenvalue weighted by Gasteiger charge is -2.29. The molecule has 1 amide bonds. The zero-order valence-electron chi connectivity index (χ0n) is 15.9. The van der Waals surface area contributed by atoms with Crippen LogP contribution in [0.4, 0.5) is 5.82 Å².